The molecule has 2 aromatic heterocycles. The van der Waals surface area contributed by atoms with Gasteiger partial charge in [-0.05, 0) is 42.7 Å². The molecule has 0 aliphatic carbocycles. The summed E-state index contributed by atoms with van der Waals surface area (Å²) in [5.74, 6) is 0.883. The van der Waals surface area contributed by atoms with E-state index in [1.165, 1.54) is 35.3 Å². The SMILES string of the molecule is CSc1ccc(C(=O)N(Cc2ccco2)Cc2ccco2)cc1[N+](=O)[O-]. The lowest BCUT2D eigenvalue weighted by molar-refractivity contribution is -0.387. The van der Waals surface area contributed by atoms with Crippen molar-refractivity contribution in [3.8, 4) is 0 Å². The molecule has 7 nitrogen and oxygen atoms in total. The van der Waals surface area contributed by atoms with Crippen molar-refractivity contribution in [1.82, 2.24) is 4.90 Å². The number of nitrogens with zero attached hydrogens (tertiary/aromatic N) is 2. The maximum absolute atomic E-state index is 13.0. The highest BCUT2D eigenvalue weighted by molar-refractivity contribution is 7.98. The minimum absolute atomic E-state index is 0.0840. The van der Waals surface area contributed by atoms with Gasteiger partial charge in [0.15, 0.2) is 0 Å². The van der Waals surface area contributed by atoms with Gasteiger partial charge in [0.2, 0.25) is 0 Å². The number of nitro groups is 1. The molecule has 0 N–H and O–H groups in total. The first-order chi connectivity index (χ1) is 12.6. The Hall–Kier alpha value is -3.00. The lowest BCUT2D eigenvalue weighted by atomic mass is 10.1. The summed E-state index contributed by atoms with van der Waals surface area (Å²) in [7, 11) is 0. The van der Waals surface area contributed by atoms with Crippen molar-refractivity contribution in [2.75, 3.05) is 6.26 Å². The molecule has 0 radical (unpaired) electrons. The maximum atomic E-state index is 13.0. The molecular formula is C18H16N2O5S. The van der Waals surface area contributed by atoms with Gasteiger partial charge in [-0.3, -0.25) is 14.9 Å². The Morgan fingerprint density at radius 2 is 1.73 bits per heavy atom. The predicted octanol–water partition coefficient (Wildman–Crippen LogP) is 4.35. The summed E-state index contributed by atoms with van der Waals surface area (Å²) in [5, 5.41) is 11.3. The van der Waals surface area contributed by atoms with E-state index >= 15 is 0 Å². The summed E-state index contributed by atoms with van der Waals surface area (Å²) < 4.78 is 10.7. The standard InChI is InChI=1S/C18H16N2O5S/c1-26-17-7-6-13(10-16(17)20(22)23)18(21)19(11-14-4-2-8-24-14)12-15-5-3-9-25-15/h2-10H,11-12H2,1H3. The second kappa shape index (κ2) is 7.92. The Kier molecular flexibility index (Phi) is 5.43. The maximum Gasteiger partial charge on any atom is 0.283 e. The van der Waals surface area contributed by atoms with Crippen LogP contribution in [0, 0.1) is 10.1 Å². The molecule has 1 amide bonds. The van der Waals surface area contributed by atoms with Crippen LogP contribution in [-0.4, -0.2) is 22.0 Å². The molecule has 8 heteroatoms. The summed E-state index contributed by atoms with van der Waals surface area (Å²) in [6.07, 6.45) is 4.82. The number of hydrogen-bond donors (Lipinski definition) is 0. The van der Waals surface area contributed by atoms with Gasteiger partial charge in [0.05, 0.1) is 35.4 Å². The second-order valence-electron chi connectivity index (χ2n) is 5.46. The van der Waals surface area contributed by atoms with Crippen molar-refractivity contribution >= 4 is 23.4 Å². The molecule has 0 spiro atoms. The highest BCUT2D eigenvalue weighted by Crippen LogP contribution is 2.29. The van der Waals surface area contributed by atoms with Gasteiger partial charge in [0.1, 0.15) is 11.5 Å². The summed E-state index contributed by atoms with van der Waals surface area (Å²) in [6, 6.07) is 11.5. The number of thioether (sulfide) groups is 1. The summed E-state index contributed by atoms with van der Waals surface area (Å²) in [4.78, 5) is 25.8. The minimum atomic E-state index is -0.480. The number of amides is 1. The van der Waals surface area contributed by atoms with Crippen molar-refractivity contribution in [3.05, 3.63) is 82.2 Å². The first kappa shape index (κ1) is 17.8. The van der Waals surface area contributed by atoms with Crippen LogP contribution in [-0.2, 0) is 13.1 Å². The number of benzene rings is 1. The van der Waals surface area contributed by atoms with Gasteiger partial charge in [0.25, 0.3) is 11.6 Å². The third kappa shape index (κ3) is 3.97. The Morgan fingerprint density at radius 1 is 1.12 bits per heavy atom. The van der Waals surface area contributed by atoms with Crippen molar-refractivity contribution in [3.63, 3.8) is 0 Å². The zero-order valence-corrected chi connectivity index (χ0v) is 14.8. The average Bonchev–Trinajstić information content (AvgIpc) is 3.34. The quantitative estimate of drug-likeness (QED) is 0.348. The molecule has 134 valence electrons. The third-order valence-electron chi connectivity index (χ3n) is 3.76. The highest BCUT2D eigenvalue weighted by atomic mass is 32.2. The van der Waals surface area contributed by atoms with Crippen molar-refractivity contribution in [2.45, 2.75) is 18.0 Å². The van der Waals surface area contributed by atoms with Crippen molar-refractivity contribution in [2.24, 2.45) is 0 Å². The zero-order valence-electron chi connectivity index (χ0n) is 14.0. The van der Waals surface area contributed by atoms with Gasteiger partial charge in [-0.1, -0.05) is 0 Å². The van der Waals surface area contributed by atoms with E-state index in [0.717, 1.165) is 0 Å². The van der Waals surface area contributed by atoms with Crippen LogP contribution in [0.3, 0.4) is 0 Å². The van der Waals surface area contributed by atoms with Gasteiger partial charge < -0.3 is 13.7 Å². The Morgan fingerprint density at radius 3 is 2.19 bits per heavy atom. The molecule has 1 aromatic carbocycles. The van der Waals surface area contributed by atoms with E-state index in [1.54, 1.807) is 42.7 Å². The first-order valence-corrected chi connectivity index (χ1v) is 8.97. The van der Waals surface area contributed by atoms with E-state index in [1.807, 2.05) is 0 Å². The molecule has 26 heavy (non-hydrogen) atoms. The third-order valence-corrected chi connectivity index (χ3v) is 4.55. The largest absolute Gasteiger partial charge is 0.467 e. The predicted molar refractivity (Wildman–Crippen MR) is 95.9 cm³/mol. The molecule has 0 fully saturated rings. The molecule has 0 aliphatic heterocycles. The average molecular weight is 372 g/mol. The molecule has 0 saturated heterocycles. The van der Waals surface area contributed by atoms with Crippen LogP contribution < -0.4 is 0 Å². The van der Waals surface area contributed by atoms with E-state index in [2.05, 4.69) is 0 Å². The molecule has 0 aliphatic rings. The van der Waals surface area contributed by atoms with Crippen LogP contribution >= 0.6 is 11.8 Å². The fourth-order valence-electron chi connectivity index (χ4n) is 2.53. The van der Waals surface area contributed by atoms with Gasteiger partial charge >= 0.3 is 0 Å². The topological polar surface area (TPSA) is 89.7 Å². The highest BCUT2D eigenvalue weighted by Gasteiger charge is 2.22. The Balaban J connectivity index is 1.91. The Labute approximate surface area is 153 Å². The molecule has 0 bridgehead atoms. The zero-order chi connectivity index (χ0) is 18.5. The monoisotopic (exact) mass is 372 g/mol. The lowest BCUT2D eigenvalue weighted by Crippen LogP contribution is -2.30. The summed E-state index contributed by atoms with van der Waals surface area (Å²) in [5.41, 5.74) is 0.159. The first-order valence-electron chi connectivity index (χ1n) is 7.75. The van der Waals surface area contributed by atoms with E-state index < -0.39 is 4.92 Å². The van der Waals surface area contributed by atoms with Crippen LogP contribution in [0.15, 0.2) is 68.7 Å². The number of carbonyl (C=O) groups excluding carboxylic acids is 1. The van der Waals surface area contributed by atoms with Crippen LogP contribution in [0.1, 0.15) is 21.9 Å². The second-order valence-corrected chi connectivity index (χ2v) is 6.31. The van der Waals surface area contributed by atoms with E-state index in [-0.39, 0.29) is 30.2 Å². The molecule has 0 atom stereocenters. The van der Waals surface area contributed by atoms with Crippen molar-refractivity contribution < 1.29 is 18.6 Å². The molecule has 2 heterocycles. The fraction of sp³-hybridized carbons (Fsp3) is 0.167. The van der Waals surface area contributed by atoms with Gasteiger partial charge in [0, 0.05) is 11.6 Å². The van der Waals surface area contributed by atoms with E-state index in [4.69, 9.17) is 8.83 Å². The van der Waals surface area contributed by atoms with E-state index in [0.29, 0.717) is 16.4 Å². The van der Waals surface area contributed by atoms with Gasteiger partial charge in [-0.25, -0.2) is 0 Å². The van der Waals surface area contributed by atoms with Crippen LogP contribution in [0.5, 0.6) is 0 Å². The summed E-state index contributed by atoms with van der Waals surface area (Å²) in [6.45, 7) is 0.454. The number of carbonyl (C=O) groups is 1. The molecule has 0 unspecified atom stereocenters. The fourth-order valence-corrected chi connectivity index (χ4v) is 3.08. The van der Waals surface area contributed by atoms with Crippen molar-refractivity contribution in [1.29, 1.82) is 0 Å². The van der Waals surface area contributed by atoms with Crippen LogP contribution in [0.25, 0.3) is 0 Å². The lowest BCUT2D eigenvalue weighted by Gasteiger charge is -2.20. The molecular weight excluding hydrogens is 356 g/mol. The number of nitro benzene ring substituents is 1. The summed E-state index contributed by atoms with van der Waals surface area (Å²) >= 11 is 1.26. The number of hydrogen-bond acceptors (Lipinski definition) is 6. The molecule has 3 rings (SSSR count). The number of furan rings is 2. The minimum Gasteiger partial charge on any atom is -0.467 e. The normalized spacial score (nSPS) is 10.7. The smallest absolute Gasteiger partial charge is 0.283 e. The molecule has 3 aromatic rings. The van der Waals surface area contributed by atoms with Crippen LogP contribution in [0.2, 0.25) is 0 Å². The number of rotatable bonds is 7. The van der Waals surface area contributed by atoms with E-state index in [9.17, 15) is 14.9 Å². The Bertz CT molecular complexity index is 854. The van der Waals surface area contributed by atoms with Crippen LogP contribution in [0.4, 0.5) is 5.69 Å². The van der Waals surface area contributed by atoms with Gasteiger partial charge in [-0.15, -0.1) is 11.8 Å². The van der Waals surface area contributed by atoms with Gasteiger partial charge in [-0.2, -0.15) is 0 Å². The molecule has 0 saturated carbocycles.